The number of rotatable bonds is 4. The zero-order chi connectivity index (χ0) is 19.2. The van der Waals surface area contributed by atoms with E-state index in [1.807, 2.05) is 6.20 Å². The summed E-state index contributed by atoms with van der Waals surface area (Å²) in [6.45, 7) is 3.24. The number of carbonyl (C=O) groups is 1. The van der Waals surface area contributed by atoms with Crippen LogP contribution in [0.4, 0.5) is 13.2 Å². The van der Waals surface area contributed by atoms with E-state index in [1.165, 1.54) is 29.7 Å². The van der Waals surface area contributed by atoms with Crippen molar-refractivity contribution in [2.45, 2.75) is 31.6 Å². The smallest absolute Gasteiger partial charge is 0.475 e. The van der Waals surface area contributed by atoms with Crippen LogP contribution in [-0.4, -0.2) is 58.5 Å². The fraction of sp³-hybridized carbons (Fsp3) is 0.500. The van der Waals surface area contributed by atoms with E-state index in [2.05, 4.69) is 44.3 Å². The van der Waals surface area contributed by atoms with E-state index in [0.717, 1.165) is 19.6 Å². The van der Waals surface area contributed by atoms with E-state index in [0.29, 0.717) is 6.04 Å². The number of aromatic nitrogens is 2. The third kappa shape index (κ3) is 5.82. The number of piperidine rings is 1. The van der Waals surface area contributed by atoms with Crippen LogP contribution in [0.3, 0.4) is 0 Å². The number of thiophene rings is 1. The monoisotopic (exact) mass is 390 g/mol. The topological polar surface area (TPSA) is 81.2 Å². The van der Waals surface area contributed by atoms with Crippen LogP contribution in [0.25, 0.3) is 11.3 Å². The van der Waals surface area contributed by atoms with Crippen LogP contribution in [0.2, 0.25) is 0 Å². The lowest BCUT2D eigenvalue weighted by Crippen LogP contribution is -2.40. The first-order valence-electron chi connectivity index (χ1n) is 8.05. The minimum Gasteiger partial charge on any atom is -0.475 e. The summed E-state index contributed by atoms with van der Waals surface area (Å²) in [7, 11) is 2.22. The third-order valence-corrected chi connectivity index (χ3v) is 4.81. The summed E-state index contributed by atoms with van der Waals surface area (Å²) in [6, 6.07) is 2.83. The van der Waals surface area contributed by atoms with Gasteiger partial charge in [0.15, 0.2) is 0 Å². The summed E-state index contributed by atoms with van der Waals surface area (Å²) in [5, 5.41) is 22.2. The molecule has 10 heteroatoms. The van der Waals surface area contributed by atoms with Crippen LogP contribution in [0, 0.1) is 0 Å². The van der Waals surface area contributed by atoms with Crippen molar-refractivity contribution >= 4 is 17.3 Å². The van der Waals surface area contributed by atoms with Crippen LogP contribution in [0.5, 0.6) is 0 Å². The lowest BCUT2D eigenvalue weighted by atomic mass is 10.0. The second kappa shape index (κ2) is 9.15. The maximum atomic E-state index is 10.6. The highest BCUT2D eigenvalue weighted by molar-refractivity contribution is 7.08. The Balaban J connectivity index is 0.000000298. The predicted molar refractivity (Wildman–Crippen MR) is 93.0 cm³/mol. The molecule has 1 saturated heterocycles. The fourth-order valence-electron chi connectivity index (χ4n) is 2.73. The van der Waals surface area contributed by atoms with E-state index < -0.39 is 12.1 Å². The lowest BCUT2D eigenvalue weighted by Gasteiger charge is -2.31. The van der Waals surface area contributed by atoms with Crippen LogP contribution in [-0.2, 0) is 11.3 Å². The van der Waals surface area contributed by atoms with Gasteiger partial charge < -0.3 is 10.4 Å². The van der Waals surface area contributed by atoms with Crippen molar-refractivity contribution in [3.05, 3.63) is 28.6 Å². The number of hydrogen-bond donors (Lipinski definition) is 3. The van der Waals surface area contributed by atoms with Crippen molar-refractivity contribution in [2.75, 3.05) is 20.1 Å². The molecule has 0 aliphatic carbocycles. The molecule has 0 saturated carbocycles. The molecule has 0 radical (unpaired) electrons. The molecule has 0 aromatic carbocycles. The molecule has 2 aromatic heterocycles. The van der Waals surface area contributed by atoms with Crippen molar-refractivity contribution in [1.82, 2.24) is 20.4 Å². The molecule has 0 bridgehead atoms. The Hall–Kier alpha value is -1.91. The molecule has 26 heavy (non-hydrogen) atoms. The highest BCUT2D eigenvalue weighted by atomic mass is 32.1. The van der Waals surface area contributed by atoms with Gasteiger partial charge in [0.25, 0.3) is 0 Å². The molecule has 1 fully saturated rings. The average Bonchev–Trinajstić information content (AvgIpc) is 3.26. The van der Waals surface area contributed by atoms with Crippen molar-refractivity contribution in [3.8, 4) is 11.3 Å². The molecule has 1 aliphatic heterocycles. The number of hydrogen-bond acceptors (Lipinski definition) is 5. The molecule has 2 aromatic rings. The van der Waals surface area contributed by atoms with Crippen molar-refractivity contribution in [1.29, 1.82) is 0 Å². The molecular weight excluding hydrogens is 369 g/mol. The number of nitrogens with one attached hydrogen (secondary N) is 2. The second-order valence-electron chi connectivity index (χ2n) is 5.98. The fourth-order valence-corrected chi connectivity index (χ4v) is 3.38. The van der Waals surface area contributed by atoms with E-state index in [9.17, 15) is 13.2 Å². The Labute approximate surface area is 153 Å². The first-order valence-corrected chi connectivity index (χ1v) is 8.99. The number of aromatic amines is 1. The number of nitrogens with zero attached hydrogens (tertiary/aromatic N) is 2. The van der Waals surface area contributed by atoms with Crippen molar-refractivity contribution < 1.29 is 23.1 Å². The molecule has 0 unspecified atom stereocenters. The van der Waals surface area contributed by atoms with Gasteiger partial charge in [-0.3, -0.25) is 10.00 Å². The zero-order valence-corrected chi connectivity index (χ0v) is 15.0. The molecule has 0 spiro atoms. The maximum Gasteiger partial charge on any atom is 0.490 e. The van der Waals surface area contributed by atoms with Gasteiger partial charge in [0.1, 0.15) is 0 Å². The predicted octanol–water partition coefficient (Wildman–Crippen LogP) is 2.96. The van der Waals surface area contributed by atoms with E-state index >= 15 is 0 Å². The minimum absolute atomic E-state index is 0.687. The standard InChI is InChI=1S/C14H20N4S.C2HF3O2/c1-18(13-2-5-15-6-3-13)9-12-8-16-17-14(12)11-4-7-19-10-11;3-2(4,5)1(6)7/h4,7-8,10,13,15H,2-3,5-6,9H2,1H3,(H,16,17);(H,6,7). The van der Waals surface area contributed by atoms with Crippen molar-refractivity contribution in [3.63, 3.8) is 0 Å². The Morgan fingerprint density at radius 2 is 2.08 bits per heavy atom. The SMILES string of the molecule is CN(Cc1cn[nH]c1-c1ccsc1)C1CCNCC1.O=C(O)C(F)(F)F. The zero-order valence-electron chi connectivity index (χ0n) is 14.2. The van der Waals surface area contributed by atoms with Crippen LogP contribution < -0.4 is 5.32 Å². The van der Waals surface area contributed by atoms with Gasteiger partial charge in [-0.05, 0) is 44.4 Å². The number of H-pyrrole nitrogens is 1. The van der Waals surface area contributed by atoms with Gasteiger partial charge >= 0.3 is 12.1 Å². The molecule has 0 atom stereocenters. The summed E-state index contributed by atoms with van der Waals surface area (Å²) >= 11 is 1.72. The Morgan fingerprint density at radius 1 is 1.42 bits per heavy atom. The Bertz CT molecular complexity index is 682. The van der Waals surface area contributed by atoms with Gasteiger partial charge in [-0.1, -0.05) is 0 Å². The van der Waals surface area contributed by atoms with Gasteiger partial charge in [0.05, 0.1) is 11.9 Å². The normalized spacial score (nSPS) is 15.6. The van der Waals surface area contributed by atoms with E-state index in [1.54, 1.807) is 11.3 Å². The summed E-state index contributed by atoms with van der Waals surface area (Å²) in [5.41, 5.74) is 3.71. The first-order chi connectivity index (χ1) is 12.3. The number of carboxylic acids is 1. The summed E-state index contributed by atoms with van der Waals surface area (Å²) in [5.74, 6) is -2.76. The third-order valence-electron chi connectivity index (χ3n) is 4.12. The summed E-state index contributed by atoms with van der Waals surface area (Å²) < 4.78 is 31.7. The largest absolute Gasteiger partial charge is 0.490 e. The molecule has 1 aliphatic rings. The summed E-state index contributed by atoms with van der Waals surface area (Å²) in [4.78, 5) is 11.4. The van der Waals surface area contributed by atoms with Gasteiger partial charge in [0.2, 0.25) is 0 Å². The highest BCUT2D eigenvalue weighted by Crippen LogP contribution is 2.25. The number of carboxylic acid groups (broad SMARTS) is 1. The minimum atomic E-state index is -5.08. The van der Waals surface area contributed by atoms with Gasteiger partial charge in [-0.2, -0.15) is 29.6 Å². The molecular formula is C16H21F3N4O2S. The molecule has 3 N–H and O–H groups in total. The molecule has 3 heterocycles. The Morgan fingerprint density at radius 3 is 2.62 bits per heavy atom. The first kappa shape index (κ1) is 20.4. The second-order valence-corrected chi connectivity index (χ2v) is 6.76. The number of alkyl halides is 3. The quantitative estimate of drug-likeness (QED) is 0.748. The highest BCUT2D eigenvalue weighted by Gasteiger charge is 2.38. The van der Waals surface area contributed by atoms with Crippen molar-refractivity contribution in [2.24, 2.45) is 0 Å². The molecule has 6 nitrogen and oxygen atoms in total. The number of halogens is 3. The van der Waals surface area contributed by atoms with Gasteiger partial charge in [-0.15, -0.1) is 0 Å². The molecule has 0 amide bonds. The number of aliphatic carboxylic acids is 1. The average molecular weight is 390 g/mol. The summed E-state index contributed by atoms with van der Waals surface area (Å²) in [6.07, 6.45) is -0.644. The van der Waals surface area contributed by atoms with Gasteiger partial charge in [-0.25, -0.2) is 4.79 Å². The molecule has 3 rings (SSSR count). The maximum absolute atomic E-state index is 10.6. The lowest BCUT2D eigenvalue weighted by molar-refractivity contribution is -0.192. The van der Waals surface area contributed by atoms with Crippen LogP contribution in [0.15, 0.2) is 23.0 Å². The van der Waals surface area contributed by atoms with Crippen LogP contribution in [0.1, 0.15) is 18.4 Å². The van der Waals surface area contributed by atoms with Gasteiger partial charge in [0, 0.05) is 29.1 Å². The van der Waals surface area contributed by atoms with E-state index in [4.69, 9.17) is 9.90 Å². The van der Waals surface area contributed by atoms with E-state index in [-0.39, 0.29) is 0 Å². The molecule has 144 valence electrons. The Kier molecular flexibility index (Phi) is 7.18. The van der Waals surface area contributed by atoms with Crippen LogP contribution >= 0.6 is 11.3 Å².